The second-order valence-electron chi connectivity index (χ2n) is 4.71. The Bertz CT molecular complexity index is 428. The first-order valence-electron chi connectivity index (χ1n) is 6.02. The molecule has 0 spiro atoms. The van der Waals surface area contributed by atoms with Gasteiger partial charge >= 0.3 is 0 Å². The van der Waals surface area contributed by atoms with Gasteiger partial charge in [0.1, 0.15) is 6.61 Å². The van der Waals surface area contributed by atoms with Gasteiger partial charge in [0.2, 0.25) is 0 Å². The van der Waals surface area contributed by atoms with Gasteiger partial charge in [-0.3, -0.25) is 10.2 Å². The molecule has 0 aliphatic heterocycles. The molecular formula is C14H22N2O2. The van der Waals surface area contributed by atoms with E-state index in [2.05, 4.69) is 38.3 Å². The third-order valence-electron chi connectivity index (χ3n) is 3.01. The molecular weight excluding hydrogens is 228 g/mol. The van der Waals surface area contributed by atoms with Crippen LogP contribution in [0.3, 0.4) is 0 Å². The number of aryl methyl sites for hydroxylation is 1. The molecule has 0 bridgehead atoms. The molecule has 1 rings (SSSR count). The van der Waals surface area contributed by atoms with Crippen molar-refractivity contribution in [2.75, 3.05) is 20.7 Å². The lowest BCUT2D eigenvalue weighted by Gasteiger charge is -2.13. The minimum Gasteiger partial charge on any atom is -0.367 e. The number of carbonyl (C=O) groups excluding carboxylic acids is 1. The normalized spacial score (nSPS) is 10.8. The number of hydrogen-bond acceptors (Lipinski definition) is 3. The number of amides is 1. The molecule has 1 N–H and O–H groups in total. The molecule has 4 heteroatoms. The lowest BCUT2D eigenvalue weighted by atomic mass is 9.99. The number of nitrogens with zero attached hydrogens (tertiary/aromatic N) is 1. The van der Waals surface area contributed by atoms with Crippen molar-refractivity contribution in [1.82, 2.24) is 10.4 Å². The van der Waals surface area contributed by atoms with Crippen molar-refractivity contribution >= 4 is 5.91 Å². The van der Waals surface area contributed by atoms with Gasteiger partial charge < -0.3 is 4.74 Å². The third kappa shape index (κ3) is 4.13. The predicted octanol–water partition coefficient (Wildman–Crippen LogP) is 1.72. The van der Waals surface area contributed by atoms with E-state index in [0.29, 0.717) is 6.61 Å². The first-order valence-corrected chi connectivity index (χ1v) is 6.02. The number of hydrazine groups is 1. The molecule has 0 heterocycles. The maximum absolute atomic E-state index is 11.4. The van der Waals surface area contributed by atoms with E-state index in [1.54, 1.807) is 19.1 Å². The van der Waals surface area contributed by atoms with E-state index >= 15 is 0 Å². The Morgan fingerprint density at radius 3 is 2.50 bits per heavy atom. The fourth-order valence-corrected chi connectivity index (χ4v) is 1.70. The van der Waals surface area contributed by atoms with E-state index in [9.17, 15) is 4.79 Å². The molecule has 0 unspecified atom stereocenters. The molecule has 0 atom stereocenters. The van der Waals surface area contributed by atoms with Crippen LogP contribution in [0.1, 0.15) is 22.3 Å². The fraction of sp³-hybridized carbons (Fsp3) is 0.500. The highest BCUT2D eigenvalue weighted by Gasteiger charge is 2.06. The van der Waals surface area contributed by atoms with Crippen LogP contribution in [0.2, 0.25) is 0 Å². The van der Waals surface area contributed by atoms with Crippen LogP contribution in [0.15, 0.2) is 12.1 Å². The summed E-state index contributed by atoms with van der Waals surface area (Å²) >= 11 is 0. The molecule has 4 nitrogen and oxygen atoms in total. The molecule has 0 aliphatic rings. The molecule has 0 radical (unpaired) electrons. The standard InChI is InChI=1S/C14H22N2O2/c1-10-6-7-13(12(3)11(10)2)8-18-9-14(17)15-16(4)5/h6-7H,8-9H2,1-5H3,(H,15,17). The highest BCUT2D eigenvalue weighted by atomic mass is 16.5. The molecule has 0 aliphatic carbocycles. The summed E-state index contributed by atoms with van der Waals surface area (Å²) in [5.41, 5.74) is 7.57. The quantitative estimate of drug-likeness (QED) is 0.809. The Morgan fingerprint density at radius 1 is 1.22 bits per heavy atom. The van der Waals surface area contributed by atoms with E-state index in [4.69, 9.17) is 4.74 Å². The number of benzene rings is 1. The van der Waals surface area contributed by atoms with Crippen LogP contribution < -0.4 is 5.43 Å². The summed E-state index contributed by atoms with van der Waals surface area (Å²) in [4.78, 5) is 11.4. The van der Waals surface area contributed by atoms with Crippen molar-refractivity contribution in [3.8, 4) is 0 Å². The highest BCUT2D eigenvalue weighted by Crippen LogP contribution is 2.17. The van der Waals surface area contributed by atoms with Crippen LogP contribution >= 0.6 is 0 Å². The van der Waals surface area contributed by atoms with Crippen molar-refractivity contribution in [2.45, 2.75) is 27.4 Å². The average molecular weight is 250 g/mol. The smallest absolute Gasteiger partial charge is 0.260 e. The fourth-order valence-electron chi connectivity index (χ4n) is 1.70. The largest absolute Gasteiger partial charge is 0.367 e. The Balaban J connectivity index is 2.50. The van der Waals surface area contributed by atoms with Crippen LogP contribution in [0.4, 0.5) is 0 Å². The zero-order chi connectivity index (χ0) is 13.7. The second-order valence-corrected chi connectivity index (χ2v) is 4.71. The SMILES string of the molecule is Cc1ccc(COCC(=O)NN(C)C)c(C)c1C. The predicted molar refractivity (Wildman–Crippen MR) is 72.1 cm³/mol. The van der Waals surface area contributed by atoms with Crippen molar-refractivity contribution in [1.29, 1.82) is 0 Å². The monoisotopic (exact) mass is 250 g/mol. The van der Waals surface area contributed by atoms with Gasteiger partial charge in [-0.25, -0.2) is 5.01 Å². The molecule has 0 aromatic heterocycles. The van der Waals surface area contributed by atoms with Crippen molar-refractivity contribution in [3.05, 3.63) is 34.4 Å². The highest BCUT2D eigenvalue weighted by molar-refractivity contribution is 5.76. The Labute approximate surface area is 109 Å². The summed E-state index contributed by atoms with van der Waals surface area (Å²) in [6, 6.07) is 4.14. The first kappa shape index (κ1) is 14.7. The summed E-state index contributed by atoms with van der Waals surface area (Å²) < 4.78 is 5.42. The minimum atomic E-state index is -0.138. The van der Waals surface area contributed by atoms with Gasteiger partial charge in [0.25, 0.3) is 5.91 Å². The average Bonchev–Trinajstić information content (AvgIpc) is 2.28. The summed E-state index contributed by atoms with van der Waals surface area (Å²) in [5, 5.41) is 1.60. The van der Waals surface area contributed by atoms with E-state index in [0.717, 1.165) is 5.56 Å². The van der Waals surface area contributed by atoms with Gasteiger partial charge in [-0.05, 0) is 43.0 Å². The Morgan fingerprint density at radius 2 is 1.89 bits per heavy atom. The molecule has 0 saturated heterocycles. The molecule has 1 amide bonds. The second kappa shape index (κ2) is 6.52. The van der Waals surface area contributed by atoms with Crippen LogP contribution in [-0.2, 0) is 16.1 Å². The maximum Gasteiger partial charge on any atom is 0.260 e. The van der Waals surface area contributed by atoms with Crippen LogP contribution in [0, 0.1) is 20.8 Å². The van der Waals surface area contributed by atoms with E-state index < -0.39 is 0 Å². The number of hydrogen-bond donors (Lipinski definition) is 1. The van der Waals surface area contributed by atoms with E-state index in [1.165, 1.54) is 16.7 Å². The summed E-state index contributed by atoms with van der Waals surface area (Å²) in [6.07, 6.45) is 0. The Hall–Kier alpha value is -1.39. The molecule has 0 saturated carbocycles. The number of nitrogens with one attached hydrogen (secondary N) is 1. The zero-order valence-corrected chi connectivity index (χ0v) is 11.8. The molecule has 1 aromatic rings. The molecule has 100 valence electrons. The summed E-state index contributed by atoms with van der Waals surface area (Å²) in [5.74, 6) is -0.138. The lowest BCUT2D eigenvalue weighted by Crippen LogP contribution is -2.38. The van der Waals surface area contributed by atoms with Crippen LogP contribution in [-0.4, -0.2) is 31.6 Å². The van der Waals surface area contributed by atoms with Crippen LogP contribution in [0.5, 0.6) is 0 Å². The zero-order valence-electron chi connectivity index (χ0n) is 11.8. The maximum atomic E-state index is 11.4. The first-order chi connectivity index (χ1) is 8.41. The summed E-state index contributed by atoms with van der Waals surface area (Å²) in [6.45, 7) is 6.82. The van der Waals surface area contributed by atoms with Gasteiger partial charge in [-0.1, -0.05) is 12.1 Å². The summed E-state index contributed by atoms with van der Waals surface area (Å²) in [7, 11) is 3.54. The van der Waals surface area contributed by atoms with E-state index in [-0.39, 0.29) is 12.5 Å². The van der Waals surface area contributed by atoms with Gasteiger partial charge in [-0.15, -0.1) is 0 Å². The van der Waals surface area contributed by atoms with Crippen molar-refractivity contribution in [2.24, 2.45) is 0 Å². The molecule has 1 aromatic carbocycles. The molecule has 0 fully saturated rings. The Kier molecular flexibility index (Phi) is 5.31. The van der Waals surface area contributed by atoms with Gasteiger partial charge in [0.15, 0.2) is 0 Å². The topological polar surface area (TPSA) is 41.6 Å². The van der Waals surface area contributed by atoms with E-state index in [1.807, 2.05) is 0 Å². The minimum absolute atomic E-state index is 0.0740. The van der Waals surface area contributed by atoms with Gasteiger partial charge in [0, 0.05) is 14.1 Å². The van der Waals surface area contributed by atoms with Crippen LogP contribution in [0.25, 0.3) is 0 Å². The van der Waals surface area contributed by atoms with Gasteiger partial charge in [0.05, 0.1) is 6.61 Å². The number of rotatable bonds is 5. The number of ether oxygens (including phenoxy) is 1. The third-order valence-corrected chi connectivity index (χ3v) is 3.01. The molecule has 18 heavy (non-hydrogen) atoms. The van der Waals surface area contributed by atoms with Crippen molar-refractivity contribution in [3.63, 3.8) is 0 Å². The number of carbonyl (C=O) groups is 1. The van der Waals surface area contributed by atoms with Crippen molar-refractivity contribution < 1.29 is 9.53 Å². The van der Waals surface area contributed by atoms with Gasteiger partial charge in [-0.2, -0.15) is 0 Å². The lowest BCUT2D eigenvalue weighted by molar-refractivity contribution is -0.129.